The molecule has 0 saturated heterocycles. The third kappa shape index (κ3) is 6.81. The fraction of sp³-hybridized carbons (Fsp3) is 0.429. The van der Waals surface area contributed by atoms with E-state index in [0.717, 1.165) is 43.2 Å². The Morgan fingerprint density at radius 2 is 1.69 bits per heavy atom. The van der Waals surface area contributed by atoms with Crippen molar-refractivity contribution < 1.29 is 19.1 Å². The van der Waals surface area contributed by atoms with Crippen LogP contribution in [0.4, 0.5) is 0 Å². The van der Waals surface area contributed by atoms with E-state index < -0.39 is 5.41 Å². The molecule has 0 amide bonds. The summed E-state index contributed by atoms with van der Waals surface area (Å²) in [5.74, 6) is -0.236. The normalized spacial score (nSPS) is 19.0. The molecule has 0 radical (unpaired) electrons. The van der Waals surface area contributed by atoms with E-state index in [2.05, 4.69) is 12.1 Å². The van der Waals surface area contributed by atoms with Crippen LogP contribution in [0.25, 0.3) is 17.2 Å². The molecule has 170 valence electrons. The number of ether oxygens (including phenoxy) is 2. The first-order valence-electron chi connectivity index (χ1n) is 11.6. The van der Waals surface area contributed by atoms with Gasteiger partial charge >= 0.3 is 11.9 Å². The van der Waals surface area contributed by atoms with E-state index in [9.17, 15) is 9.59 Å². The lowest BCUT2D eigenvalue weighted by Crippen LogP contribution is -2.31. The lowest BCUT2D eigenvalue weighted by atomic mass is 9.87. The summed E-state index contributed by atoms with van der Waals surface area (Å²) >= 11 is 0. The zero-order valence-electron chi connectivity index (χ0n) is 19.4. The third-order valence-electron chi connectivity index (χ3n) is 6.33. The fourth-order valence-corrected chi connectivity index (χ4v) is 3.82. The van der Waals surface area contributed by atoms with Gasteiger partial charge in [0.25, 0.3) is 0 Å². The molecule has 1 fully saturated rings. The largest absolute Gasteiger partial charge is 0.465 e. The van der Waals surface area contributed by atoms with Crippen molar-refractivity contribution in [3.63, 3.8) is 0 Å². The Bertz CT molecular complexity index is 912. The summed E-state index contributed by atoms with van der Waals surface area (Å²) in [5.41, 5.74) is 2.80. The summed E-state index contributed by atoms with van der Waals surface area (Å²) in [4.78, 5) is 24.5. The van der Waals surface area contributed by atoms with Crippen molar-refractivity contribution in [1.29, 1.82) is 0 Å². The van der Waals surface area contributed by atoms with Gasteiger partial charge in [0, 0.05) is 6.08 Å². The number of rotatable bonds is 8. The van der Waals surface area contributed by atoms with Gasteiger partial charge in [0.2, 0.25) is 0 Å². The van der Waals surface area contributed by atoms with Gasteiger partial charge in [0.15, 0.2) is 0 Å². The molecule has 0 aromatic heterocycles. The van der Waals surface area contributed by atoms with E-state index in [-0.39, 0.29) is 24.0 Å². The Balaban J connectivity index is 1.47. The van der Waals surface area contributed by atoms with Crippen LogP contribution >= 0.6 is 0 Å². The SMILES string of the molecule is CCC(C)(C)C(=O)OCC1CCCC(OC(=O)/C=C/c2ccc(-c3ccccc3)cc2)C1. The van der Waals surface area contributed by atoms with Crippen LogP contribution in [0.1, 0.15) is 58.4 Å². The van der Waals surface area contributed by atoms with Crippen LogP contribution in [-0.2, 0) is 19.1 Å². The second kappa shape index (κ2) is 11.1. The van der Waals surface area contributed by atoms with Crippen LogP contribution < -0.4 is 0 Å². The van der Waals surface area contributed by atoms with Crippen LogP contribution in [0, 0.1) is 11.3 Å². The highest BCUT2D eigenvalue weighted by molar-refractivity contribution is 5.87. The maximum atomic E-state index is 12.3. The van der Waals surface area contributed by atoms with Gasteiger partial charge in [-0.1, -0.05) is 61.5 Å². The Hall–Kier alpha value is -2.88. The molecule has 2 unspecified atom stereocenters. The minimum absolute atomic E-state index is 0.121. The first-order valence-corrected chi connectivity index (χ1v) is 11.6. The van der Waals surface area contributed by atoms with Crippen molar-refractivity contribution in [2.45, 2.75) is 59.0 Å². The van der Waals surface area contributed by atoms with E-state index in [1.165, 1.54) is 11.6 Å². The van der Waals surface area contributed by atoms with Crippen molar-refractivity contribution >= 4 is 18.0 Å². The Morgan fingerprint density at radius 3 is 2.38 bits per heavy atom. The molecule has 0 N–H and O–H groups in total. The number of carbonyl (C=O) groups excluding carboxylic acids is 2. The molecule has 1 saturated carbocycles. The molecule has 4 nitrogen and oxygen atoms in total. The predicted octanol–water partition coefficient (Wildman–Crippen LogP) is 6.45. The Labute approximate surface area is 191 Å². The number of carbonyl (C=O) groups is 2. The van der Waals surface area contributed by atoms with Crippen LogP contribution in [0.3, 0.4) is 0 Å². The summed E-state index contributed by atoms with van der Waals surface area (Å²) in [6.45, 7) is 6.20. The van der Waals surface area contributed by atoms with Gasteiger partial charge in [0.05, 0.1) is 12.0 Å². The molecule has 1 aliphatic rings. The Kier molecular flexibility index (Phi) is 8.26. The van der Waals surface area contributed by atoms with Gasteiger partial charge in [-0.2, -0.15) is 0 Å². The molecule has 1 aliphatic carbocycles. The second-order valence-corrected chi connectivity index (χ2v) is 9.25. The highest BCUT2D eigenvalue weighted by atomic mass is 16.5. The second-order valence-electron chi connectivity index (χ2n) is 9.25. The van der Waals surface area contributed by atoms with Crippen molar-refractivity contribution in [3.05, 3.63) is 66.2 Å². The Morgan fingerprint density at radius 1 is 1.00 bits per heavy atom. The van der Waals surface area contributed by atoms with E-state index in [1.54, 1.807) is 6.08 Å². The number of hydrogen-bond acceptors (Lipinski definition) is 4. The van der Waals surface area contributed by atoms with Crippen LogP contribution in [0.2, 0.25) is 0 Å². The van der Waals surface area contributed by atoms with Gasteiger partial charge in [-0.15, -0.1) is 0 Å². The monoisotopic (exact) mass is 434 g/mol. The molecule has 4 heteroatoms. The smallest absolute Gasteiger partial charge is 0.331 e. The van der Waals surface area contributed by atoms with Crippen LogP contribution in [-0.4, -0.2) is 24.6 Å². The highest BCUT2D eigenvalue weighted by Gasteiger charge is 2.30. The van der Waals surface area contributed by atoms with Gasteiger partial charge in [-0.05, 0) is 74.6 Å². The first-order chi connectivity index (χ1) is 15.4. The summed E-state index contributed by atoms with van der Waals surface area (Å²) in [6, 6.07) is 18.3. The molecule has 0 aliphatic heterocycles. The molecule has 0 spiro atoms. The molecular weight excluding hydrogens is 400 g/mol. The summed E-state index contributed by atoms with van der Waals surface area (Å²) < 4.78 is 11.2. The average Bonchev–Trinajstić information content (AvgIpc) is 2.82. The lowest BCUT2D eigenvalue weighted by Gasteiger charge is -2.29. The van der Waals surface area contributed by atoms with Crippen molar-refractivity contribution in [3.8, 4) is 11.1 Å². The zero-order chi connectivity index (χ0) is 23.0. The highest BCUT2D eigenvalue weighted by Crippen LogP contribution is 2.28. The van der Waals surface area contributed by atoms with Gasteiger partial charge < -0.3 is 9.47 Å². The molecule has 0 bridgehead atoms. The topological polar surface area (TPSA) is 52.6 Å². The maximum Gasteiger partial charge on any atom is 0.331 e. The maximum absolute atomic E-state index is 12.3. The fourth-order valence-electron chi connectivity index (χ4n) is 3.82. The third-order valence-corrected chi connectivity index (χ3v) is 6.33. The average molecular weight is 435 g/mol. The molecule has 2 aromatic carbocycles. The van der Waals surface area contributed by atoms with Crippen molar-refractivity contribution in [2.75, 3.05) is 6.61 Å². The summed E-state index contributed by atoms with van der Waals surface area (Å²) in [5, 5.41) is 0. The van der Waals surface area contributed by atoms with Gasteiger partial charge in [0.1, 0.15) is 6.10 Å². The first kappa shape index (κ1) is 23.8. The predicted molar refractivity (Wildman–Crippen MR) is 128 cm³/mol. The molecule has 2 aromatic rings. The minimum Gasteiger partial charge on any atom is -0.465 e. The van der Waals surface area contributed by atoms with E-state index in [1.807, 2.05) is 63.2 Å². The summed E-state index contributed by atoms with van der Waals surface area (Å²) in [7, 11) is 0. The van der Waals surface area contributed by atoms with Crippen LogP contribution in [0.15, 0.2) is 60.7 Å². The standard InChI is InChI=1S/C28H34O4/c1-4-28(2,3)27(30)31-20-22-9-8-12-25(19-22)32-26(29)18-15-21-13-16-24(17-14-21)23-10-6-5-7-11-23/h5-7,10-11,13-18,22,25H,4,8-9,12,19-20H2,1-3H3/b18-15+. The van der Waals surface area contributed by atoms with Gasteiger partial charge in [-0.3, -0.25) is 4.79 Å². The zero-order valence-corrected chi connectivity index (χ0v) is 19.4. The minimum atomic E-state index is -0.454. The number of hydrogen-bond donors (Lipinski definition) is 0. The van der Waals surface area contributed by atoms with E-state index >= 15 is 0 Å². The molecule has 3 rings (SSSR count). The van der Waals surface area contributed by atoms with E-state index in [4.69, 9.17) is 9.47 Å². The van der Waals surface area contributed by atoms with Crippen molar-refractivity contribution in [2.24, 2.45) is 11.3 Å². The number of benzene rings is 2. The molecule has 0 heterocycles. The van der Waals surface area contributed by atoms with E-state index in [0.29, 0.717) is 6.61 Å². The van der Waals surface area contributed by atoms with Crippen molar-refractivity contribution in [1.82, 2.24) is 0 Å². The van der Waals surface area contributed by atoms with Gasteiger partial charge in [-0.25, -0.2) is 4.79 Å². The lowest BCUT2D eigenvalue weighted by molar-refractivity contribution is -0.157. The number of esters is 2. The summed E-state index contributed by atoms with van der Waals surface area (Å²) in [6.07, 6.45) is 7.47. The van der Waals surface area contributed by atoms with Crippen LogP contribution in [0.5, 0.6) is 0 Å². The quantitative estimate of drug-likeness (QED) is 0.354. The molecular formula is C28H34O4. The molecule has 32 heavy (non-hydrogen) atoms. The molecule has 2 atom stereocenters.